The molecule has 1 aromatic carbocycles. The van der Waals surface area contributed by atoms with Crippen LogP contribution in [0.2, 0.25) is 0 Å². The van der Waals surface area contributed by atoms with Gasteiger partial charge in [-0.1, -0.05) is 18.2 Å². The van der Waals surface area contributed by atoms with Crippen molar-refractivity contribution in [1.82, 2.24) is 0 Å². The molecular weight excluding hydrogens is 360 g/mol. The van der Waals surface area contributed by atoms with E-state index in [-0.39, 0.29) is 19.0 Å². The number of thiophene rings is 1. The van der Waals surface area contributed by atoms with E-state index in [0.29, 0.717) is 17.3 Å². The highest BCUT2D eigenvalue weighted by Gasteiger charge is 2.25. The zero-order valence-corrected chi connectivity index (χ0v) is 14.1. The maximum absolute atomic E-state index is 12.4. The number of fused-ring (bicyclic) bond motifs is 1. The van der Waals surface area contributed by atoms with E-state index in [0.717, 1.165) is 15.0 Å². The second-order valence-corrected chi connectivity index (χ2v) is 12.7. The quantitative estimate of drug-likeness (QED) is 0.729. The van der Waals surface area contributed by atoms with E-state index in [1.165, 1.54) is 11.3 Å². The molecule has 0 aliphatic heterocycles. The Kier molecular flexibility index (Phi) is 5.63. The molecule has 0 amide bonds. The van der Waals surface area contributed by atoms with Gasteiger partial charge in [0.15, 0.2) is 5.78 Å². The standard InChI is InChI=1S/C14H17BrO3S2/c15-20(7-5-16,8-6-17)10-12(18)14-9-11-3-1-2-4-13(11)19-14/h1-4,9,16-17H,5-8,10H2. The van der Waals surface area contributed by atoms with Crippen LogP contribution in [-0.2, 0) is 0 Å². The first-order chi connectivity index (χ1) is 9.58. The van der Waals surface area contributed by atoms with Crippen LogP contribution >= 0.6 is 34.6 Å². The van der Waals surface area contributed by atoms with Crippen LogP contribution in [0.3, 0.4) is 0 Å². The van der Waals surface area contributed by atoms with Crippen LogP contribution < -0.4 is 0 Å². The Labute approximate surface area is 131 Å². The molecule has 6 heteroatoms. The number of halogens is 1. The number of Topliss-reactive ketones (excluding diaryl/α,β-unsaturated/α-hetero) is 1. The van der Waals surface area contributed by atoms with Gasteiger partial charge in [0.1, 0.15) is 0 Å². The van der Waals surface area contributed by atoms with Gasteiger partial charge in [0.2, 0.25) is 0 Å². The minimum atomic E-state index is -1.45. The lowest BCUT2D eigenvalue weighted by atomic mass is 10.2. The number of aliphatic hydroxyl groups is 2. The Morgan fingerprint density at radius 2 is 1.85 bits per heavy atom. The van der Waals surface area contributed by atoms with E-state index < -0.39 is 8.46 Å². The highest BCUT2D eigenvalue weighted by molar-refractivity contribution is 9.58. The summed E-state index contributed by atoms with van der Waals surface area (Å²) in [4.78, 5) is 13.2. The molecule has 0 fully saturated rings. The minimum absolute atomic E-state index is 0.0281. The summed E-state index contributed by atoms with van der Waals surface area (Å²) >= 11 is 5.09. The molecule has 2 N–H and O–H groups in total. The molecule has 0 spiro atoms. The molecule has 0 radical (unpaired) electrons. The zero-order valence-electron chi connectivity index (χ0n) is 10.9. The molecule has 0 unspecified atom stereocenters. The van der Waals surface area contributed by atoms with Crippen molar-refractivity contribution in [2.75, 3.05) is 30.5 Å². The Hall–Kier alpha value is -0.400. The average Bonchev–Trinajstić information content (AvgIpc) is 2.82. The number of hydrogen-bond acceptors (Lipinski definition) is 4. The van der Waals surface area contributed by atoms with Crippen LogP contribution in [0.1, 0.15) is 9.67 Å². The van der Waals surface area contributed by atoms with E-state index in [4.69, 9.17) is 10.2 Å². The summed E-state index contributed by atoms with van der Waals surface area (Å²) in [5.74, 6) is 1.51. The number of aliphatic hydroxyl groups excluding tert-OH is 2. The van der Waals surface area contributed by atoms with Crippen molar-refractivity contribution >= 4 is 50.5 Å². The fourth-order valence-corrected chi connectivity index (χ4v) is 6.36. The Morgan fingerprint density at radius 3 is 2.45 bits per heavy atom. The van der Waals surface area contributed by atoms with Crippen molar-refractivity contribution < 1.29 is 15.0 Å². The van der Waals surface area contributed by atoms with Gasteiger partial charge in [-0.3, -0.25) is 4.79 Å². The third kappa shape index (κ3) is 3.83. The smallest absolute Gasteiger partial charge is 0.181 e. The van der Waals surface area contributed by atoms with Gasteiger partial charge in [0.25, 0.3) is 0 Å². The Morgan fingerprint density at radius 1 is 1.20 bits per heavy atom. The van der Waals surface area contributed by atoms with Gasteiger partial charge < -0.3 is 10.2 Å². The van der Waals surface area contributed by atoms with Gasteiger partial charge in [-0.05, 0) is 32.3 Å². The SMILES string of the molecule is O=C(CS(Br)(CCO)CCO)c1cc2ccccc2s1. The van der Waals surface area contributed by atoms with E-state index in [1.54, 1.807) is 0 Å². The van der Waals surface area contributed by atoms with Gasteiger partial charge in [-0.25, -0.2) is 0 Å². The topological polar surface area (TPSA) is 57.5 Å². The molecule has 0 bridgehead atoms. The van der Waals surface area contributed by atoms with Gasteiger partial charge in [0, 0.05) is 16.2 Å². The lowest BCUT2D eigenvalue weighted by Crippen LogP contribution is -2.18. The van der Waals surface area contributed by atoms with Gasteiger partial charge in [0.05, 0.1) is 23.8 Å². The molecule has 0 atom stereocenters. The molecule has 2 rings (SSSR count). The first-order valence-corrected chi connectivity index (χ1v) is 11.1. The maximum atomic E-state index is 12.4. The maximum Gasteiger partial charge on any atom is 0.181 e. The highest BCUT2D eigenvalue weighted by Crippen LogP contribution is 2.55. The number of carbonyl (C=O) groups excluding carboxylic acids is 1. The van der Waals surface area contributed by atoms with Crippen molar-refractivity contribution in [2.45, 2.75) is 0 Å². The van der Waals surface area contributed by atoms with Gasteiger partial charge in [-0.15, -0.1) is 11.3 Å². The summed E-state index contributed by atoms with van der Waals surface area (Å²) in [7, 11) is -1.45. The van der Waals surface area contributed by atoms with Crippen molar-refractivity contribution in [3.05, 3.63) is 35.2 Å². The molecule has 1 heterocycles. The highest BCUT2D eigenvalue weighted by atomic mass is 79.9. The molecule has 110 valence electrons. The van der Waals surface area contributed by atoms with Crippen molar-refractivity contribution in [1.29, 1.82) is 0 Å². The summed E-state index contributed by atoms with van der Waals surface area (Å²) in [5.41, 5.74) is 0. The van der Waals surface area contributed by atoms with Crippen LogP contribution in [0, 0.1) is 0 Å². The van der Waals surface area contributed by atoms with Crippen LogP contribution in [0.15, 0.2) is 30.3 Å². The van der Waals surface area contributed by atoms with Crippen molar-refractivity contribution in [2.24, 2.45) is 0 Å². The predicted octanol–water partition coefficient (Wildman–Crippen LogP) is 3.18. The van der Waals surface area contributed by atoms with Crippen LogP contribution in [-0.4, -0.2) is 46.5 Å². The zero-order chi connectivity index (χ0) is 14.6. The molecule has 20 heavy (non-hydrogen) atoms. The largest absolute Gasteiger partial charge is 0.396 e. The molecule has 1 aromatic heterocycles. The van der Waals surface area contributed by atoms with Crippen molar-refractivity contribution in [3.63, 3.8) is 0 Å². The summed E-state index contributed by atoms with van der Waals surface area (Å²) in [6.07, 6.45) is 0. The third-order valence-corrected chi connectivity index (χ3v) is 9.40. The molecule has 2 aromatic rings. The molecular formula is C14H17BrO3S2. The van der Waals surface area contributed by atoms with E-state index >= 15 is 0 Å². The summed E-state index contributed by atoms with van der Waals surface area (Å²) < 4.78 is 1.11. The van der Waals surface area contributed by atoms with E-state index in [9.17, 15) is 4.79 Å². The molecule has 0 aliphatic rings. The van der Waals surface area contributed by atoms with Crippen molar-refractivity contribution in [3.8, 4) is 0 Å². The molecule has 3 nitrogen and oxygen atoms in total. The fourth-order valence-electron chi connectivity index (χ4n) is 2.00. The van der Waals surface area contributed by atoms with E-state index in [1.807, 2.05) is 30.3 Å². The number of ketones is 1. The average molecular weight is 377 g/mol. The summed E-state index contributed by atoms with van der Waals surface area (Å²) in [6, 6.07) is 9.85. The fraction of sp³-hybridized carbons (Fsp3) is 0.357. The van der Waals surface area contributed by atoms with Gasteiger partial charge in [-0.2, -0.15) is 8.46 Å². The minimum Gasteiger partial charge on any atom is -0.396 e. The lowest BCUT2D eigenvalue weighted by molar-refractivity contribution is 0.102. The predicted molar refractivity (Wildman–Crippen MR) is 91.4 cm³/mol. The summed E-state index contributed by atoms with van der Waals surface area (Å²) in [6.45, 7) is 0.0561. The Balaban J connectivity index is 2.17. The second kappa shape index (κ2) is 7.04. The lowest BCUT2D eigenvalue weighted by Gasteiger charge is -2.31. The normalized spacial score (nSPS) is 12.8. The third-order valence-electron chi connectivity index (χ3n) is 3.00. The molecule has 0 aliphatic carbocycles. The number of benzene rings is 1. The first-order valence-electron chi connectivity index (χ1n) is 6.27. The Bertz CT molecular complexity index is 558. The number of hydrogen-bond donors (Lipinski definition) is 2. The van der Waals surface area contributed by atoms with Crippen LogP contribution in [0.25, 0.3) is 10.1 Å². The number of carbonyl (C=O) groups is 1. The monoisotopic (exact) mass is 376 g/mol. The van der Waals surface area contributed by atoms with Crippen LogP contribution in [0.5, 0.6) is 0 Å². The first kappa shape index (κ1) is 16.0. The summed E-state index contributed by atoms with van der Waals surface area (Å²) in [5, 5.41) is 19.3. The molecule has 0 saturated carbocycles. The number of rotatable bonds is 7. The van der Waals surface area contributed by atoms with Gasteiger partial charge >= 0.3 is 0 Å². The molecule has 0 saturated heterocycles. The second-order valence-electron chi connectivity index (χ2n) is 4.51. The van der Waals surface area contributed by atoms with Crippen LogP contribution in [0.4, 0.5) is 0 Å². The van der Waals surface area contributed by atoms with E-state index in [2.05, 4.69) is 14.8 Å².